The second kappa shape index (κ2) is 4.09. The Labute approximate surface area is 103 Å². The molecule has 0 aromatic heterocycles. The van der Waals surface area contributed by atoms with Crippen molar-refractivity contribution in [1.29, 1.82) is 0 Å². The van der Waals surface area contributed by atoms with Gasteiger partial charge in [-0.2, -0.15) is 0 Å². The SMILES string of the molecule is CC1=C2C=C(C(C)C)CC[C@@](C)(O)[C@@H]2CC1=O. The topological polar surface area (TPSA) is 37.3 Å². The van der Waals surface area contributed by atoms with Gasteiger partial charge in [-0.25, -0.2) is 0 Å². The van der Waals surface area contributed by atoms with Gasteiger partial charge in [0.15, 0.2) is 5.78 Å². The van der Waals surface area contributed by atoms with Crippen molar-refractivity contribution in [2.45, 2.75) is 52.6 Å². The molecular formula is C15H22O2. The molecule has 1 N–H and O–H groups in total. The Kier molecular flexibility index (Phi) is 3.03. The monoisotopic (exact) mass is 234 g/mol. The zero-order chi connectivity index (χ0) is 12.8. The highest BCUT2D eigenvalue weighted by molar-refractivity contribution is 5.99. The zero-order valence-electron chi connectivity index (χ0n) is 11.2. The Morgan fingerprint density at radius 3 is 2.71 bits per heavy atom. The second-order valence-electron chi connectivity index (χ2n) is 5.99. The van der Waals surface area contributed by atoms with Crippen LogP contribution >= 0.6 is 0 Å². The number of allylic oxidation sites excluding steroid dienone is 3. The third-order valence-electron chi connectivity index (χ3n) is 4.37. The number of fused-ring (bicyclic) bond motifs is 1. The largest absolute Gasteiger partial charge is 0.390 e. The summed E-state index contributed by atoms with van der Waals surface area (Å²) in [5.74, 6) is 0.693. The number of carbonyl (C=O) groups excluding carboxylic acids is 1. The minimum Gasteiger partial charge on any atom is -0.390 e. The fourth-order valence-corrected chi connectivity index (χ4v) is 2.93. The first kappa shape index (κ1) is 12.6. The normalized spacial score (nSPS) is 33.9. The minimum absolute atomic E-state index is 0.00579. The molecule has 0 bridgehead atoms. The van der Waals surface area contributed by atoms with Crippen LogP contribution in [0, 0.1) is 11.8 Å². The lowest BCUT2D eigenvalue weighted by Crippen LogP contribution is -2.33. The van der Waals surface area contributed by atoms with Crippen LogP contribution in [0.5, 0.6) is 0 Å². The van der Waals surface area contributed by atoms with E-state index in [0.717, 1.165) is 24.0 Å². The summed E-state index contributed by atoms with van der Waals surface area (Å²) in [4.78, 5) is 11.8. The summed E-state index contributed by atoms with van der Waals surface area (Å²) in [5, 5.41) is 10.5. The average Bonchev–Trinajstić information content (AvgIpc) is 2.43. The van der Waals surface area contributed by atoms with Gasteiger partial charge >= 0.3 is 0 Å². The standard InChI is InChI=1S/C15H22O2/c1-9(2)11-5-6-15(4,17)13-8-14(16)10(3)12(13)7-11/h7,9,13,17H,5-6,8H2,1-4H3/t13-,15-/m1/s1. The summed E-state index contributed by atoms with van der Waals surface area (Å²) >= 11 is 0. The number of carbonyl (C=O) groups is 1. The van der Waals surface area contributed by atoms with Crippen molar-refractivity contribution < 1.29 is 9.90 Å². The van der Waals surface area contributed by atoms with Crippen LogP contribution in [-0.2, 0) is 4.79 Å². The lowest BCUT2D eigenvalue weighted by molar-refractivity contribution is -0.116. The molecule has 2 aliphatic carbocycles. The highest BCUT2D eigenvalue weighted by Crippen LogP contribution is 2.44. The molecule has 0 aromatic rings. The first-order valence-corrected chi connectivity index (χ1v) is 6.49. The number of Topliss-reactive ketones (excluding diaryl/α,β-unsaturated/α-hetero) is 1. The van der Waals surface area contributed by atoms with E-state index in [1.807, 2.05) is 13.8 Å². The average molecular weight is 234 g/mol. The van der Waals surface area contributed by atoms with Gasteiger partial charge in [-0.05, 0) is 43.8 Å². The number of hydrogen-bond donors (Lipinski definition) is 1. The van der Waals surface area contributed by atoms with Gasteiger partial charge in [-0.3, -0.25) is 4.79 Å². The molecule has 2 aliphatic rings. The molecule has 0 heterocycles. The predicted molar refractivity (Wildman–Crippen MR) is 68.6 cm³/mol. The molecule has 17 heavy (non-hydrogen) atoms. The van der Waals surface area contributed by atoms with Crippen molar-refractivity contribution in [2.75, 3.05) is 0 Å². The van der Waals surface area contributed by atoms with E-state index in [-0.39, 0.29) is 11.7 Å². The molecule has 0 aliphatic heterocycles. The van der Waals surface area contributed by atoms with Crippen molar-refractivity contribution in [2.24, 2.45) is 11.8 Å². The smallest absolute Gasteiger partial charge is 0.159 e. The lowest BCUT2D eigenvalue weighted by Gasteiger charge is -2.29. The maximum absolute atomic E-state index is 11.8. The Balaban J connectivity index is 2.48. The molecule has 2 atom stereocenters. The van der Waals surface area contributed by atoms with E-state index in [2.05, 4.69) is 19.9 Å². The van der Waals surface area contributed by atoms with Gasteiger partial charge in [0.05, 0.1) is 5.60 Å². The summed E-state index contributed by atoms with van der Waals surface area (Å²) in [5.41, 5.74) is 2.56. The van der Waals surface area contributed by atoms with Crippen molar-refractivity contribution in [3.63, 3.8) is 0 Å². The van der Waals surface area contributed by atoms with E-state index >= 15 is 0 Å². The maximum Gasteiger partial charge on any atom is 0.159 e. The summed E-state index contributed by atoms with van der Waals surface area (Å²) in [6.45, 7) is 8.12. The summed E-state index contributed by atoms with van der Waals surface area (Å²) in [6, 6.07) is 0. The van der Waals surface area contributed by atoms with Crippen LogP contribution in [0.2, 0.25) is 0 Å². The van der Waals surface area contributed by atoms with E-state index < -0.39 is 5.60 Å². The number of hydrogen-bond acceptors (Lipinski definition) is 2. The van der Waals surface area contributed by atoms with Crippen LogP contribution in [-0.4, -0.2) is 16.5 Å². The Bertz CT molecular complexity index is 411. The van der Waals surface area contributed by atoms with Crippen LogP contribution < -0.4 is 0 Å². The Hall–Kier alpha value is -0.890. The quantitative estimate of drug-likeness (QED) is 0.757. The fourth-order valence-electron chi connectivity index (χ4n) is 2.93. The van der Waals surface area contributed by atoms with Gasteiger partial charge in [0.2, 0.25) is 0 Å². The molecule has 0 saturated heterocycles. The van der Waals surface area contributed by atoms with E-state index in [4.69, 9.17) is 0 Å². The summed E-state index contributed by atoms with van der Waals surface area (Å²) < 4.78 is 0. The van der Waals surface area contributed by atoms with Gasteiger partial charge in [0.25, 0.3) is 0 Å². The predicted octanol–water partition coefficient (Wildman–Crippen LogP) is 3.02. The Morgan fingerprint density at radius 2 is 2.12 bits per heavy atom. The van der Waals surface area contributed by atoms with Gasteiger partial charge in [-0.1, -0.05) is 25.5 Å². The zero-order valence-corrected chi connectivity index (χ0v) is 11.2. The van der Waals surface area contributed by atoms with E-state index in [0.29, 0.717) is 12.3 Å². The minimum atomic E-state index is -0.740. The first-order valence-electron chi connectivity index (χ1n) is 6.49. The van der Waals surface area contributed by atoms with Crippen molar-refractivity contribution in [1.82, 2.24) is 0 Å². The number of rotatable bonds is 1. The molecule has 0 fully saturated rings. The second-order valence-corrected chi connectivity index (χ2v) is 5.99. The molecule has 2 nitrogen and oxygen atoms in total. The van der Waals surface area contributed by atoms with Gasteiger partial charge in [0, 0.05) is 12.3 Å². The van der Waals surface area contributed by atoms with Gasteiger partial charge < -0.3 is 5.11 Å². The summed E-state index contributed by atoms with van der Waals surface area (Å²) in [7, 11) is 0. The van der Waals surface area contributed by atoms with Crippen molar-refractivity contribution in [3.05, 3.63) is 22.8 Å². The molecule has 0 saturated carbocycles. The maximum atomic E-state index is 11.8. The fraction of sp³-hybridized carbons (Fsp3) is 0.667. The van der Waals surface area contributed by atoms with Crippen molar-refractivity contribution in [3.8, 4) is 0 Å². The molecular weight excluding hydrogens is 212 g/mol. The molecule has 2 rings (SSSR count). The molecule has 2 heteroatoms. The molecule has 0 amide bonds. The molecule has 0 aromatic carbocycles. The number of aliphatic hydroxyl groups is 1. The molecule has 94 valence electrons. The highest BCUT2D eigenvalue weighted by atomic mass is 16.3. The highest BCUT2D eigenvalue weighted by Gasteiger charge is 2.42. The van der Waals surface area contributed by atoms with Crippen LogP contribution in [0.25, 0.3) is 0 Å². The van der Waals surface area contributed by atoms with E-state index in [1.54, 1.807) is 0 Å². The third-order valence-corrected chi connectivity index (χ3v) is 4.37. The third kappa shape index (κ3) is 2.11. The van der Waals surface area contributed by atoms with Crippen molar-refractivity contribution >= 4 is 5.78 Å². The van der Waals surface area contributed by atoms with Crippen LogP contribution in [0.3, 0.4) is 0 Å². The van der Waals surface area contributed by atoms with Gasteiger partial charge in [-0.15, -0.1) is 0 Å². The number of ketones is 1. The Morgan fingerprint density at radius 1 is 1.47 bits per heavy atom. The van der Waals surface area contributed by atoms with E-state index in [9.17, 15) is 9.90 Å². The van der Waals surface area contributed by atoms with Crippen LogP contribution in [0.1, 0.15) is 47.0 Å². The van der Waals surface area contributed by atoms with Crippen LogP contribution in [0.4, 0.5) is 0 Å². The van der Waals surface area contributed by atoms with E-state index in [1.165, 1.54) is 5.57 Å². The molecule has 0 unspecified atom stereocenters. The van der Waals surface area contributed by atoms with Crippen LogP contribution in [0.15, 0.2) is 22.8 Å². The lowest BCUT2D eigenvalue weighted by atomic mass is 9.82. The van der Waals surface area contributed by atoms with Gasteiger partial charge in [0.1, 0.15) is 0 Å². The first-order chi connectivity index (χ1) is 7.83. The molecule has 0 spiro atoms. The summed E-state index contributed by atoms with van der Waals surface area (Å²) in [6.07, 6.45) is 4.35. The molecule has 0 radical (unpaired) electrons.